The molecule has 2 aromatic heterocycles. The Bertz CT molecular complexity index is 645. The van der Waals surface area contributed by atoms with Gasteiger partial charge in [-0.05, 0) is 13.0 Å². The molecule has 0 saturated carbocycles. The lowest BCUT2D eigenvalue weighted by atomic mass is 10.1. The zero-order valence-corrected chi connectivity index (χ0v) is 12.6. The second kappa shape index (κ2) is 5.64. The van der Waals surface area contributed by atoms with Crippen molar-refractivity contribution in [3.05, 3.63) is 51.3 Å². The second-order valence-corrected chi connectivity index (χ2v) is 5.68. The number of halogens is 2. The minimum atomic E-state index is 0.423. The zero-order chi connectivity index (χ0) is 14.1. The molecule has 0 N–H and O–H groups in total. The summed E-state index contributed by atoms with van der Waals surface area (Å²) in [6.45, 7) is 4.49. The maximum absolute atomic E-state index is 6.12. The highest BCUT2D eigenvalue weighted by molar-refractivity contribution is 6.32. The fourth-order valence-corrected chi connectivity index (χ4v) is 2.81. The number of aromatic nitrogens is 3. The van der Waals surface area contributed by atoms with Crippen molar-refractivity contribution < 1.29 is 0 Å². The lowest BCUT2D eigenvalue weighted by Crippen LogP contribution is -2.31. The molecule has 3 heterocycles. The summed E-state index contributed by atoms with van der Waals surface area (Å²) in [4.78, 5) is 15.2. The molecule has 0 saturated heterocycles. The molecule has 20 heavy (non-hydrogen) atoms. The van der Waals surface area contributed by atoms with Gasteiger partial charge in [-0.2, -0.15) is 0 Å². The van der Waals surface area contributed by atoms with Crippen molar-refractivity contribution in [3.8, 4) is 0 Å². The quantitative estimate of drug-likeness (QED) is 0.800. The van der Waals surface area contributed by atoms with Crippen LogP contribution in [0.5, 0.6) is 0 Å². The van der Waals surface area contributed by atoms with E-state index in [0.717, 1.165) is 43.1 Å². The smallest absolute Gasteiger partial charge is 0.135 e. The van der Waals surface area contributed by atoms with Gasteiger partial charge in [0.1, 0.15) is 16.1 Å². The molecular weight excluding hydrogens is 295 g/mol. The first-order valence-electron chi connectivity index (χ1n) is 6.46. The number of nitrogens with zero attached hydrogens (tertiary/aromatic N) is 4. The summed E-state index contributed by atoms with van der Waals surface area (Å²) >= 11 is 11.9. The molecular formula is C14H14Cl2N4. The van der Waals surface area contributed by atoms with Gasteiger partial charge in [0.2, 0.25) is 0 Å². The topological polar surface area (TPSA) is 41.9 Å². The van der Waals surface area contributed by atoms with Crippen LogP contribution in [-0.4, -0.2) is 26.4 Å². The molecule has 6 heteroatoms. The third-order valence-corrected chi connectivity index (χ3v) is 3.96. The Kier molecular flexibility index (Phi) is 3.87. The van der Waals surface area contributed by atoms with Gasteiger partial charge in [-0.15, -0.1) is 0 Å². The van der Waals surface area contributed by atoms with Crippen LogP contribution < -0.4 is 0 Å². The van der Waals surface area contributed by atoms with Crippen molar-refractivity contribution in [1.29, 1.82) is 0 Å². The summed E-state index contributed by atoms with van der Waals surface area (Å²) in [5.41, 5.74) is 3.35. The first-order chi connectivity index (χ1) is 9.61. The second-order valence-electron chi connectivity index (χ2n) is 4.93. The third kappa shape index (κ3) is 2.92. The van der Waals surface area contributed by atoms with Gasteiger partial charge < -0.3 is 0 Å². The fraction of sp³-hybridized carbons (Fsp3) is 0.357. The first-order valence-corrected chi connectivity index (χ1v) is 7.22. The fourth-order valence-electron chi connectivity index (χ4n) is 2.41. The number of hydrogen-bond acceptors (Lipinski definition) is 4. The van der Waals surface area contributed by atoms with Gasteiger partial charge in [0, 0.05) is 49.1 Å². The number of rotatable bonds is 2. The number of pyridine rings is 1. The average Bonchev–Trinajstić information content (AvgIpc) is 2.42. The average molecular weight is 309 g/mol. The minimum absolute atomic E-state index is 0.423. The number of fused-ring (bicyclic) bond motifs is 1. The van der Waals surface area contributed by atoms with Crippen LogP contribution >= 0.6 is 23.2 Å². The van der Waals surface area contributed by atoms with E-state index in [4.69, 9.17) is 23.2 Å². The van der Waals surface area contributed by atoms with E-state index in [9.17, 15) is 0 Å². The van der Waals surface area contributed by atoms with E-state index < -0.39 is 0 Å². The van der Waals surface area contributed by atoms with E-state index in [2.05, 4.69) is 19.9 Å². The van der Waals surface area contributed by atoms with Gasteiger partial charge in [-0.25, -0.2) is 15.0 Å². The van der Waals surface area contributed by atoms with Crippen molar-refractivity contribution in [3.63, 3.8) is 0 Å². The first kappa shape index (κ1) is 13.7. The molecule has 0 atom stereocenters. The molecule has 0 amide bonds. The largest absolute Gasteiger partial charge is 0.294 e. The maximum Gasteiger partial charge on any atom is 0.135 e. The third-order valence-electron chi connectivity index (χ3n) is 3.42. The number of hydrogen-bond donors (Lipinski definition) is 0. The summed E-state index contributed by atoms with van der Waals surface area (Å²) in [7, 11) is 0. The van der Waals surface area contributed by atoms with Gasteiger partial charge in [0.15, 0.2) is 0 Å². The van der Waals surface area contributed by atoms with Crippen molar-refractivity contribution in [1.82, 2.24) is 19.9 Å². The normalized spacial score (nSPS) is 15.2. The van der Waals surface area contributed by atoms with E-state index in [-0.39, 0.29) is 0 Å². The van der Waals surface area contributed by atoms with Gasteiger partial charge in [-0.1, -0.05) is 29.3 Å². The summed E-state index contributed by atoms with van der Waals surface area (Å²) in [6.07, 6.45) is 2.86. The van der Waals surface area contributed by atoms with E-state index in [1.807, 2.05) is 19.2 Å². The Morgan fingerprint density at radius 3 is 2.90 bits per heavy atom. The molecule has 3 rings (SSSR count). The summed E-state index contributed by atoms with van der Waals surface area (Å²) in [5.74, 6) is 0.835. The van der Waals surface area contributed by atoms with E-state index >= 15 is 0 Å². The van der Waals surface area contributed by atoms with Crippen LogP contribution in [0.3, 0.4) is 0 Å². The summed E-state index contributed by atoms with van der Waals surface area (Å²) < 4.78 is 0. The summed E-state index contributed by atoms with van der Waals surface area (Å²) in [5, 5.41) is 0.898. The van der Waals surface area contributed by atoms with Crippen LogP contribution in [0.25, 0.3) is 0 Å². The van der Waals surface area contributed by atoms with Crippen LogP contribution in [0.4, 0.5) is 0 Å². The Hall–Kier alpha value is -1.23. The van der Waals surface area contributed by atoms with Gasteiger partial charge in [0.05, 0.1) is 0 Å². The molecule has 1 aliphatic heterocycles. The lowest BCUT2D eigenvalue weighted by molar-refractivity contribution is 0.242. The molecule has 0 radical (unpaired) electrons. The molecule has 2 aromatic rings. The SMILES string of the molecule is Cc1ncc2c(n1)CCN(Cc1ccc(Cl)nc1Cl)C2. The van der Waals surface area contributed by atoms with E-state index in [1.165, 1.54) is 5.56 Å². The zero-order valence-electron chi connectivity index (χ0n) is 11.1. The highest BCUT2D eigenvalue weighted by atomic mass is 35.5. The van der Waals surface area contributed by atoms with Crippen molar-refractivity contribution in [2.45, 2.75) is 26.4 Å². The molecule has 0 fully saturated rings. The predicted molar refractivity (Wildman–Crippen MR) is 78.8 cm³/mol. The molecule has 4 nitrogen and oxygen atoms in total. The maximum atomic E-state index is 6.12. The summed E-state index contributed by atoms with van der Waals surface area (Å²) in [6, 6.07) is 3.70. The molecule has 0 aliphatic carbocycles. The molecule has 1 aliphatic rings. The van der Waals surface area contributed by atoms with E-state index in [0.29, 0.717) is 10.3 Å². The van der Waals surface area contributed by atoms with Gasteiger partial charge in [0.25, 0.3) is 0 Å². The molecule has 0 aromatic carbocycles. The standard InChI is InChI=1S/C14H14Cl2N4/c1-9-17-6-11-8-20(5-4-12(11)18-9)7-10-2-3-13(15)19-14(10)16/h2-3,6H,4-5,7-8H2,1H3. The van der Waals surface area contributed by atoms with Crippen molar-refractivity contribution >= 4 is 23.2 Å². The van der Waals surface area contributed by atoms with Gasteiger partial charge in [-0.3, -0.25) is 4.90 Å². The molecule has 104 valence electrons. The van der Waals surface area contributed by atoms with Crippen molar-refractivity contribution in [2.24, 2.45) is 0 Å². The van der Waals surface area contributed by atoms with E-state index in [1.54, 1.807) is 6.07 Å². The molecule has 0 unspecified atom stereocenters. The lowest BCUT2D eigenvalue weighted by Gasteiger charge is -2.28. The van der Waals surface area contributed by atoms with Crippen LogP contribution in [0.1, 0.15) is 22.6 Å². The predicted octanol–water partition coefficient (Wildman–Crippen LogP) is 3.05. The monoisotopic (exact) mass is 308 g/mol. The van der Waals surface area contributed by atoms with Gasteiger partial charge >= 0.3 is 0 Å². The Labute approximate surface area is 127 Å². The number of aryl methyl sites for hydroxylation is 1. The Morgan fingerprint density at radius 2 is 2.10 bits per heavy atom. The minimum Gasteiger partial charge on any atom is -0.294 e. The van der Waals surface area contributed by atoms with Crippen LogP contribution in [0.2, 0.25) is 10.3 Å². The van der Waals surface area contributed by atoms with Crippen LogP contribution in [-0.2, 0) is 19.5 Å². The Morgan fingerprint density at radius 1 is 1.25 bits per heavy atom. The van der Waals surface area contributed by atoms with Crippen LogP contribution in [0.15, 0.2) is 18.3 Å². The molecule has 0 spiro atoms. The van der Waals surface area contributed by atoms with Crippen molar-refractivity contribution in [2.75, 3.05) is 6.54 Å². The highest BCUT2D eigenvalue weighted by Crippen LogP contribution is 2.22. The van der Waals surface area contributed by atoms with Crippen LogP contribution in [0, 0.1) is 6.92 Å². The molecule has 0 bridgehead atoms. The Balaban J connectivity index is 1.75. The highest BCUT2D eigenvalue weighted by Gasteiger charge is 2.19.